The quantitative estimate of drug-likeness (QED) is 0.162. The summed E-state index contributed by atoms with van der Waals surface area (Å²) in [6, 6.07) is 71.8. The van der Waals surface area contributed by atoms with Gasteiger partial charge in [0.1, 0.15) is 6.07 Å². The minimum absolute atomic E-state index is 0.433. The molecule has 69 heavy (non-hydrogen) atoms. The molecule has 15 aromatic rings. The summed E-state index contributed by atoms with van der Waals surface area (Å²) in [6.45, 7) is 9.51. The Morgan fingerprint density at radius 2 is 0.768 bits per heavy atom. The second kappa shape index (κ2) is 14.5. The number of hydrogen-bond donors (Lipinski definition) is 0. The van der Waals surface area contributed by atoms with Crippen molar-refractivity contribution in [3.8, 4) is 39.7 Å². The van der Waals surface area contributed by atoms with E-state index in [-0.39, 0.29) is 0 Å². The smallest absolute Gasteiger partial charge is 0.220 e. The van der Waals surface area contributed by atoms with Crippen molar-refractivity contribution in [3.05, 3.63) is 211 Å². The molecule has 0 N–H and O–H groups in total. The molecule has 0 saturated carbocycles. The summed E-state index contributed by atoms with van der Waals surface area (Å²) >= 11 is 5.36. The van der Waals surface area contributed by atoms with Crippen molar-refractivity contribution in [2.75, 3.05) is 0 Å². The standard InChI is InChI=1S/C62H32N4S3/c1-64-54-52(35-16-4-2-5-17-35)53(36-18-6-3-7-19-36)55(65-48-24-12-8-20-37(48)41-28-31-44-38-21-9-13-25-49(38)67-60(44)57(41)65)47(34-63)56(54)66-58-42(29-32-45-39-22-10-14-26-50(39)68-61(45)58)43-30-33-46-40-23-11-15-27-51(40)69-62(46)59(43)66/h2-33H. The first-order chi connectivity index (χ1) is 34.2. The Morgan fingerprint density at radius 3 is 1.25 bits per heavy atom. The van der Waals surface area contributed by atoms with Gasteiger partial charge in [0.15, 0.2) is 0 Å². The van der Waals surface area contributed by atoms with Crippen molar-refractivity contribution < 1.29 is 0 Å². The zero-order chi connectivity index (χ0) is 45.5. The van der Waals surface area contributed by atoms with Crippen LogP contribution in [0.5, 0.6) is 0 Å². The third kappa shape index (κ3) is 5.19. The lowest BCUT2D eigenvalue weighted by molar-refractivity contribution is 1.13. The van der Waals surface area contributed by atoms with Crippen molar-refractivity contribution in [3.63, 3.8) is 0 Å². The predicted molar refractivity (Wildman–Crippen MR) is 296 cm³/mol. The summed E-state index contributed by atoms with van der Waals surface area (Å²) in [4.78, 5) is 4.66. The monoisotopic (exact) mass is 928 g/mol. The number of aromatic nitrogens is 2. The van der Waals surface area contributed by atoms with Crippen LogP contribution in [-0.4, -0.2) is 9.13 Å². The Hall–Kier alpha value is -8.56. The number of hydrogen-bond acceptors (Lipinski definition) is 4. The molecule has 0 unspecified atom stereocenters. The normalized spacial score (nSPS) is 12.0. The van der Waals surface area contributed by atoms with Gasteiger partial charge < -0.3 is 9.13 Å². The van der Waals surface area contributed by atoms with Crippen LogP contribution in [0.2, 0.25) is 0 Å². The van der Waals surface area contributed by atoms with E-state index in [9.17, 15) is 11.8 Å². The van der Waals surface area contributed by atoms with E-state index in [4.69, 9.17) is 0 Å². The highest BCUT2D eigenvalue weighted by Gasteiger charge is 2.33. The van der Waals surface area contributed by atoms with Crippen LogP contribution < -0.4 is 0 Å². The van der Waals surface area contributed by atoms with Gasteiger partial charge in [-0.25, -0.2) is 4.85 Å². The summed E-state index contributed by atoms with van der Waals surface area (Å²) < 4.78 is 11.7. The molecule has 0 aliphatic heterocycles. The van der Waals surface area contributed by atoms with Crippen molar-refractivity contribution in [1.29, 1.82) is 5.26 Å². The minimum atomic E-state index is 0.433. The molecule has 0 aliphatic rings. The molecular formula is C62H32N4S3. The van der Waals surface area contributed by atoms with Crippen LogP contribution in [-0.2, 0) is 0 Å². The van der Waals surface area contributed by atoms with Crippen molar-refractivity contribution >= 4 is 144 Å². The molecule has 10 aromatic carbocycles. The SMILES string of the molecule is [C-]#[N+]c1c(-c2ccccc2)c(-c2ccccc2)c(-n2c3ccccc3c3ccc4c5ccccc5sc4c32)c(C#N)c1-n1c2c(ccc3c4ccccc4sc32)c2ccc3c4ccccc4sc3c21. The van der Waals surface area contributed by atoms with Crippen LogP contribution in [0.15, 0.2) is 194 Å². The van der Waals surface area contributed by atoms with E-state index in [2.05, 4.69) is 202 Å². The Bertz CT molecular complexity index is 4670. The zero-order valence-corrected chi connectivity index (χ0v) is 38.9. The third-order valence-corrected chi connectivity index (χ3v) is 17.8. The largest absolute Gasteiger partial charge is 0.315 e. The van der Waals surface area contributed by atoms with Gasteiger partial charge >= 0.3 is 0 Å². The first-order valence-electron chi connectivity index (χ1n) is 22.9. The summed E-state index contributed by atoms with van der Waals surface area (Å²) in [5.74, 6) is 0. The number of fused-ring (bicyclic) bond motifs is 18. The number of thiophene rings is 3. The Kier molecular flexibility index (Phi) is 8.08. The Balaban J connectivity index is 1.26. The van der Waals surface area contributed by atoms with E-state index in [0.717, 1.165) is 96.4 Å². The third-order valence-electron chi connectivity index (χ3n) is 14.2. The number of nitriles is 1. The van der Waals surface area contributed by atoms with Gasteiger partial charge in [-0.05, 0) is 41.0 Å². The molecule has 4 nitrogen and oxygen atoms in total. The maximum Gasteiger partial charge on any atom is 0.220 e. The highest BCUT2D eigenvalue weighted by Crippen LogP contribution is 2.55. The van der Waals surface area contributed by atoms with Crippen molar-refractivity contribution in [1.82, 2.24) is 9.13 Å². The van der Waals surface area contributed by atoms with Gasteiger partial charge in [-0.3, -0.25) is 0 Å². The van der Waals surface area contributed by atoms with Crippen LogP contribution in [0, 0.1) is 17.9 Å². The van der Waals surface area contributed by atoms with Gasteiger partial charge in [0.2, 0.25) is 5.69 Å². The number of para-hydroxylation sites is 1. The molecule has 0 amide bonds. The lowest BCUT2D eigenvalue weighted by atomic mass is 9.87. The van der Waals surface area contributed by atoms with E-state index in [1.165, 1.54) is 35.6 Å². The molecule has 0 spiro atoms. The van der Waals surface area contributed by atoms with E-state index < -0.39 is 0 Å². The maximum absolute atomic E-state index is 12.4. The fourth-order valence-electron chi connectivity index (χ4n) is 11.4. The van der Waals surface area contributed by atoms with Crippen LogP contribution in [0.3, 0.4) is 0 Å². The molecule has 0 saturated heterocycles. The van der Waals surface area contributed by atoms with Crippen LogP contribution in [0.25, 0.3) is 143 Å². The number of benzene rings is 10. The molecule has 0 bridgehead atoms. The summed E-state index contributed by atoms with van der Waals surface area (Å²) in [5, 5.41) is 23.9. The molecular weight excluding hydrogens is 897 g/mol. The average molecular weight is 929 g/mol. The van der Waals surface area contributed by atoms with Crippen LogP contribution in [0.4, 0.5) is 5.69 Å². The molecule has 5 heterocycles. The summed E-state index contributed by atoms with van der Waals surface area (Å²) in [5.41, 5.74) is 9.72. The van der Waals surface area contributed by atoms with Crippen LogP contribution in [0.1, 0.15) is 5.56 Å². The minimum Gasteiger partial charge on any atom is -0.315 e. The van der Waals surface area contributed by atoms with Gasteiger partial charge in [0, 0.05) is 73.5 Å². The average Bonchev–Trinajstić information content (AvgIpc) is 4.23. The van der Waals surface area contributed by atoms with Crippen molar-refractivity contribution in [2.45, 2.75) is 0 Å². The fraction of sp³-hybridized carbons (Fsp3) is 0. The number of rotatable bonds is 4. The van der Waals surface area contributed by atoms with E-state index >= 15 is 0 Å². The van der Waals surface area contributed by atoms with Crippen LogP contribution >= 0.6 is 34.0 Å². The van der Waals surface area contributed by atoms with E-state index in [1.807, 2.05) is 12.1 Å². The number of nitrogens with zero attached hydrogens (tertiary/aromatic N) is 4. The summed E-state index contributed by atoms with van der Waals surface area (Å²) in [7, 11) is 0. The first-order valence-corrected chi connectivity index (χ1v) is 25.3. The van der Waals surface area contributed by atoms with Gasteiger partial charge in [-0.2, -0.15) is 5.26 Å². The molecule has 7 heteroatoms. The van der Waals surface area contributed by atoms with Gasteiger partial charge in [-0.1, -0.05) is 170 Å². The highest BCUT2D eigenvalue weighted by atomic mass is 32.1. The van der Waals surface area contributed by atoms with Gasteiger partial charge in [-0.15, -0.1) is 34.0 Å². The highest BCUT2D eigenvalue weighted by molar-refractivity contribution is 7.27. The first kappa shape index (κ1) is 38.5. The second-order valence-electron chi connectivity index (χ2n) is 17.6. The Morgan fingerprint density at radius 1 is 0.377 bits per heavy atom. The molecule has 0 radical (unpaired) electrons. The lowest BCUT2D eigenvalue weighted by Crippen LogP contribution is -2.09. The molecule has 318 valence electrons. The van der Waals surface area contributed by atoms with Gasteiger partial charge in [0.25, 0.3) is 0 Å². The zero-order valence-electron chi connectivity index (χ0n) is 36.5. The summed E-state index contributed by atoms with van der Waals surface area (Å²) in [6.07, 6.45) is 0. The fourth-order valence-corrected chi connectivity index (χ4v) is 15.1. The molecule has 15 rings (SSSR count). The second-order valence-corrected chi connectivity index (χ2v) is 20.8. The molecule has 0 atom stereocenters. The Labute approximate surface area is 406 Å². The molecule has 5 aromatic heterocycles. The topological polar surface area (TPSA) is 38.0 Å². The van der Waals surface area contributed by atoms with Crippen molar-refractivity contribution in [2.24, 2.45) is 0 Å². The maximum atomic E-state index is 12.4. The predicted octanol–water partition coefficient (Wildman–Crippen LogP) is 18.7. The lowest BCUT2D eigenvalue weighted by Gasteiger charge is -2.25. The van der Waals surface area contributed by atoms with E-state index in [0.29, 0.717) is 16.9 Å². The van der Waals surface area contributed by atoms with Gasteiger partial charge in [0.05, 0.1) is 59.7 Å². The molecule has 0 fully saturated rings. The molecule has 0 aliphatic carbocycles. The van der Waals surface area contributed by atoms with E-state index in [1.54, 1.807) is 34.0 Å².